The summed E-state index contributed by atoms with van der Waals surface area (Å²) in [5, 5.41) is 21.6. The predicted molar refractivity (Wildman–Crippen MR) is 152 cm³/mol. The van der Waals surface area contributed by atoms with Crippen molar-refractivity contribution in [3.63, 3.8) is 0 Å². The molecule has 0 saturated heterocycles. The van der Waals surface area contributed by atoms with Gasteiger partial charge in [0.25, 0.3) is 0 Å². The molecule has 2 heterocycles. The zero-order valence-corrected chi connectivity index (χ0v) is 22.6. The van der Waals surface area contributed by atoms with E-state index in [9.17, 15) is 10.2 Å². The summed E-state index contributed by atoms with van der Waals surface area (Å²) >= 11 is 0. The molecule has 0 unspecified atom stereocenters. The highest BCUT2D eigenvalue weighted by Crippen LogP contribution is 2.23. The molecule has 198 valence electrons. The van der Waals surface area contributed by atoms with Crippen LogP contribution < -0.4 is 0 Å². The van der Waals surface area contributed by atoms with Crippen molar-refractivity contribution in [3.8, 4) is 11.4 Å². The lowest BCUT2D eigenvalue weighted by Gasteiger charge is -2.29. The van der Waals surface area contributed by atoms with Crippen molar-refractivity contribution in [1.29, 1.82) is 0 Å². The second-order valence-corrected chi connectivity index (χ2v) is 10.1. The largest absolute Gasteiger partial charge is 0.387 e. The van der Waals surface area contributed by atoms with Gasteiger partial charge >= 0.3 is 0 Å². The highest BCUT2D eigenvalue weighted by atomic mass is 16.3. The Balaban J connectivity index is 1.42. The Bertz CT molecular complexity index is 1180. The van der Waals surface area contributed by atoms with Crippen LogP contribution in [-0.2, 0) is 13.1 Å². The molecule has 38 heavy (non-hydrogen) atoms. The van der Waals surface area contributed by atoms with Gasteiger partial charge in [0.15, 0.2) is 0 Å². The number of nitrogens with zero attached hydrogens (tertiary/aromatic N) is 4. The van der Waals surface area contributed by atoms with Crippen molar-refractivity contribution in [2.45, 2.75) is 51.2 Å². The summed E-state index contributed by atoms with van der Waals surface area (Å²) in [4.78, 5) is 14.0. The van der Waals surface area contributed by atoms with E-state index in [1.165, 1.54) is 0 Å². The molecule has 0 amide bonds. The first-order chi connectivity index (χ1) is 18.3. The van der Waals surface area contributed by atoms with E-state index in [4.69, 9.17) is 9.97 Å². The summed E-state index contributed by atoms with van der Waals surface area (Å²) in [5.41, 5.74) is 5.28. The summed E-state index contributed by atoms with van der Waals surface area (Å²) in [5.74, 6) is 0. The monoisotopic (exact) mass is 510 g/mol. The predicted octanol–water partition coefficient (Wildman–Crippen LogP) is 5.25. The Morgan fingerprint density at radius 2 is 0.921 bits per heavy atom. The second kappa shape index (κ2) is 12.9. The first-order valence-electron chi connectivity index (χ1n) is 13.1. The van der Waals surface area contributed by atoms with E-state index in [1.54, 1.807) is 0 Å². The van der Waals surface area contributed by atoms with E-state index in [0.29, 0.717) is 13.1 Å². The molecule has 0 spiro atoms. The number of pyridine rings is 2. The van der Waals surface area contributed by atoms with Crippen LogP contribution in [0.2, 0.25) is 0 Å². The van der Waals surface area contributed by atoms with Crippen LogP contribution in [0.3, 0.4) is 0 Å². The molecule has 0 aliphatic heterocycles. The van der Waals surface area contributed by atoms with E-state index in [0.717, 1.165) is 33.9 Å². The van der Waals surface area contributed by atoms with Gasteiger partial charge in [0.05, 0.1) is 35.0 Å². The molecular formula is C32H38N4O2. The molecule has 4 aromatic rings. The molecule has 6 nitrogen and oxygen atoms in total. The fraction of sp³-hybridized carbons (Fsp3) is 0.312. The molecule has 0 saturated carbocycles. The smallest absolute Gasteiger partial charge is 0.0942 e. The number of aromatic nitrogens is 2. The van der Waals surface area contributed by atoms with Crippen LogP contribution in [0, 0.1) is 0 Å². The highest BCUT2D eigenvalue weighted by Gasteiger charge is 2.22. The Kier molecular flexibility index (Phi) is 9.37. The van der Waals surface area contributed by atoms with Crippen LogP contribution in [0.5, 0.6) is 0 Å². The highest BCUT2D eigenvalue weighted by molar-refractivity contribution is 5.54. The zero-order chi connectivity index (χ0) is 27.1. The minimum absolute atomic E-state index is 0.0759. The lowest BCUT2D eigenvalue weighted by Crippen LogP contribution is -2.34. The van der Waals surface area contributed by atoms with Crippen molar-refractivity contribution in [2.24, 2.45) is 0 Å². The third kappa shape index (κ3) is 6.91. The van der Waals surface area contributed by atoms with E-state index in [-0.39, 0.29) is 12.1 Å². The third-order valence-corrected chi connectivity index (χ3v) is 7.29. The van der Waals surface area contributed by atoms with Crippen molar-refractivity contribution < 1.29 is 10.2 Å². The van der Waals surface area contributed by atoms with Gasteiger partial charge in [-0.1, -0.05) is 72.8 Å². The minimum atomic E-state index is -0.581. The molecule has 2 N–H and O–H groups in total. The van der Waals surface area contributed by atoms with Crippen molar-refractivity contribution in [3.05, 3.63) is 120 Å². The zero-order valence-electron chi connectivity index (χ0n) is 22.6. The SMILES string of the molecule is C[C@H]([C@@H](O)c1ccccc1)N(C)Cc1cccc(-c2cccc(CN(C)[C@H](C)[C@@H](O)c3ccccc3)n2)n1. The number of rotatable bonds is 11. The number of hydrogen-bond donors (Lipinski definition) is 2. The van der Waals surface area contributed by atoms with Gasteiger partial charge in [-0.25, -0.2) is 9.97 Å². The molecule has 0 bridgehead atoms. The molecule has 4 atom stereocenters. The van der Waals surface area contributed by atoms with E-state index >= 15 is 0 Å². The molecule has 2 aromatic heterocycles. The molecule has 0 fully saturated rings. The Labute approximate surface area is 226 Å². The first-order valence-corrected chi connectivity index (χ1v) is 13.1. The summed E-state index contributed by atoms with van der Waals surface area (Å²) in [6.07, 6.45) is -1.16. The van der Waals surface area contributed by atoms with Crippen LogP contribution >= 0.6 is 0 Å². The number of aliphatic hydroxyl groups excluding tert-OH is 2. The molecule has 2 aromatic carbocycles. The van der Waals surface area contributed by atoms with E-state index < -0.39 is 12.2 Å². The first kappa shape index (κ1) is 27.6. The average Bonchev–Trinajstić information content (AvgIpc) is 2.96. The van der Waals surface area contributed by atoms with Crippen molar-refractivity contribution >= 4 is 0 Å². The van der Waals surface area contributed by atoms with Gasteiger partial charge in [-0.15, -0.1) is 0 Å². The second-order valence-electron chi connectivity index (χ2n) is 10.1. The normalized spacial score (nSPS) is 14.8. The van der Waals surface area contributed by atoms with Crippen LogP contribution in [0.1, 0.15) is 48.6 Å². The molecular weight excluding hydrogens is 472 g/mol. The number of benzene rings is 2. The van der Waals surface area contributed by atoms with Gasteiger partial charge in [-0.2, -0.15) is 0 Å². The molecule has 0 radical (unpaired) electrons. The molecule has 0 aliphatic rings. The fourth-order valence-electron chi connectivity index (χ4n) is 4.56. The Morgan fingerprint density at radius 3 is 1.29 bits per heavy atom. The maximum Gasteiger partial charge on any atom is 0.0942 e. The fourth-order valence-corrected chi connectivity index (χ4v) is 4.56. The summed E-state index contributed by atoms with van der Waals surface area (Å²) in [6.45, 7) is 5.27. The molecule has 4 rings (SSSR count). The van der Waals surface area contributed by atoms with Gasteiger partial charge in [0.2, 0.25) is 0 Å². The topological polar surface area (TPSA) is 72.7 Å². The number of likely N-dealkylation sites (N-methyl/N-ethyl adjacent to an activating group) is 2. The lowest BCUT2D eigenvalue weighted by molar-refractivity contribution is 0.0680. The standard InChI is InChI=1S/C32H38N4O2/c1-23(31(37)25-13-7-5-8-14-25)35(3)21-27-17-11-19-29(33-27)30-20-12-18-28(34-30)22-36(4)24(2)32(38)26-15-9-6-10-16-26/h5-20,23-24,31-32,37-38H,21-22H2,1-4H3/t23-,24-,31-,32-/m1/s1. The van der Waals surface area contributed by atoms with Crippen molar-refractivity contribution in [2.75, 3.05) is 14.1 Å². The lowest BCUT2D eigenvalue weighted by atomic mass is 10.0. The van der Waals surface area contributed by atoms with Crippen LogP contribution in [0.15, 0.2) is 97.1 Å². The van der Waals surface area contributed by atoms with Crippen molar-refractivity contribution in [1.82, 2.24) is 19.8 Å². The quantitative estimate of drug-likeness (QED) is 0.287. The van der Waals surface area contributed by atoms with Gasteiger partial charge in [-0.3, -0.25) is 9.80 Å². The maximum absolute atomic E-state index is 10.8. The Morgan fingerprint density at radius 1 is 0.553 bits per heavy atom. The van der Waals surface area contributed by atoms with Gasteiger partial charge in [0, 0.05) is 25.2 Å². The third-order valence-electron chi connectivity index (χ3n) is 7.29. The minimum Gasteiger partial charge on any atom is -0.387 e. The summed E-state index contributed by atoms with van der Waals surface area (Å²) < 4.78 is 0. The number of hydrogen-bond acceptors (Lipinski definition) is 6. The molecule has 0 aliphatic carbocycles. The van der Waals surface area contributed by atoms with Gasteiger partial charge in [-0.05, 0) is 63.3 Å². The van der Waals surface area contributed by atoms with E-state index in [2.05, 4.69) is 9.80 Å². The van der Waals surface area contributed by atoms with Crippen LogP contribution in [-0.4, -0.2) is 56.2 Å². The Hall–Kier alpha value is -3.42. The van der Waals surface area contributed by atoms with Crippen LogP contribution in [0.4, 0.5) is 0 Å². The summed E-state index contributed by atoms with van der Waals surface area (Å²) in [6, 6.07) is 31.3. The van der Waals surface area contributed by atoms with Gasteiger partial charge < -0.3 is 10.2 Å². The van der Waals surface area contributed by atoms with E-state index in [1.807, 2.05) is 125 Å². The van der Waals surface area contributed by atoms with Gasteiger partial charge in [0.1, 0.15) is 0 Å². The number of aliphatic hydroxyl groups is 2. The summed E-state index contributed by atoms with van der Waals surface area (Å²) in [7, 11) is 4.01. The molecule has 6 heteroatoms. The van der Waals surface area contributed by atoms with Crippen LogP contribution in [0.25, 0.3) is 11.4 Å². The average molecular weight is 511 g/mol. The maximum atomic E-state index is 10.8.